The Kier molecular flexibility index (Phi) is 10.9. The molecule has 0 unspecified atom stereocenters. The Morgan fingerprint density at radius 2 is 1.76 bits per heavy atom. The summed E-state index contributed by atoms with van der Waals surface area (Å²) in [5.74, 6) is -0.255. The number of aryl methyl sites for hydroxylation is 1. The number of nitrogens with one attached hydrogen (secondary N) is 1. The van der Waals surface area contributed by atoms with Gasteiger partial charge in [-0.1, -0.05) is 62.3 Å². The van der Waals surface area contributed by atoms with Crippen LogP contribution < -0.4 is 4.72 Å². The number of carbonyl (C=O) groups is 2. The van der Waals surface area contributed by atoms with Gasteiger partial charge >= 0.3 is 0 Å². The van der Waals surface area contributed by atoms with Gasteiger partial charge in [0.2, 0.25) is 17.7 Å². The predicted molar refractivity (Wildman–Crippen MR) is 162 cm³/mol. The summed E-state index contributed by atoms with van der Waals surface area (Å²) in [5, 5.41) is 3.84. The Morgan fingerprint density at radius 3 is 2.33 bits per heavy atom. The summed E-state index contributed by atoms with van der Waals surface area (Å²) < 4.78 is 40.3. The second kappa shape index (κ2) is 14.0. The van der Waals surface area contributed by atoms with Crippen LogP contribution in [0.25, 0.3) is 11.1 Å². The Morgan fingerprint density at radius 1 is 1.07 bits per heavy atom. The lowest BCUT2D eigenvalue weighted by Crippen LogP contribution is -2.51. The van der Waals surface area contributed by atoms with Crippen molar-refractivity contribution in [3.63, 3.8) is 0 Å². The van der Waals surface area contributed by atoms with E-state index >= 15 is 0 Å². The van der Waals surface area contributed by atoms with Gasteiger partial charge in [-0.15, -0.1) is 0 Å². The maximum absolute atomic E-state index is 13.5. The van der Waals surface area contributed by atoms with Gasteiger partial charge in [-0.3, -0.25) is 9.59 Å². The van der Waals surface area contributed by atoms with E-state index in [1.54, 1.807) is 58.2 Å². The maximum Gasteiger partial charge on any atom is 0.264 e. The first kappa shape index (κ1) is 32.8. The van der Waals surface area contributed by atoms with Crippen LogP contribution >= 0.6 is 0 Å². The van der Waals surface area contributed by atoms with Gasteiger partial charge in [-0.2, -0.15) is 0 Å². The molecular weight excluding hydrogens is 556 g/mol. The van der Waals surface area contributed by atoms with Crippen LogP contribution in [0.1, 0.15) is 56.0 Å². The number of carbonyl (C=O) groups excluding carboxylic acids is 2. The van der Waals surface area contributed by atoms with E-state index in [4.69, 9.17) is 9.26 Å². The Labute approximate surface area is 249 Å². The highest BCUT2D eigenvalue weighted by Gasteiger charge is 2.33. The molecule has 42 heavy (non-hydrogen) atoms. The van der Waals surface area contributed by atoms with Crippen LogP contribution in [0.2, 0.25) is 0 Å². The molecule has 0 bridgehead atoms. The SMILES string of the molecule is CCCC(=O)N(Cc1ccc(-c2ccccc2S(=O)(=O)Nc2onc(C)c2C)c(COC)c1)[C@H](C(=O)N(C)C)C(C)C. The first-order chi connectivity index (χ1) is 19.8. The fraction of sp³-hybridized carbons (Fsp3) is 0.452. The molecule has 0 aliphatic carbocycles. The molecule has 0 aliphatic rings. The first-order valence-electron chi connectivity index (χ1n) is 14.0. The van der Waals surface area contributed by atoms with E-state index in [2.05, 4.69) is 9.88 Å². The summed E-state index contributed by atoms with van der Waals surface area (Å²) in [6.45, 7) is 9.71. The Hall–Kier alpha value is -3.70. The van der Waals surface area contributed by atoms with Gasteiger partial charge in [0, 0.05) is 45.3 Å². The number of aromatic nitrogens is 1. The highest BCUT2D eigenvalue weighted by molar-refractivity contribution is 7.92. The molecule has 3 aromatic rings. The minimum atomic E-state index is -4.04. The van der Waals surface area contributed by atoms with Crippen molar-refractivity contribution in [3.8, 4) is 11.1 Å². The Balaban J connectivity index is 2.07. The largest absolute Gasteiger partial charge is 0.380 e. The number of hydrogen-bond donors (Lipinski definition) is 1. The molecule has 3 rings (SSSR count). The van der Waals surface area contributed by atoms with Crippen LogP contribution in [0.3, 0.4) is 0 Å². The minimum Gasteiger partial charge on any atom is -0.380 e. The number of rotatable bonds is 13. The summed E-state index contributed by atoms with van der Waals surface area (Å²) >= 11 is 0. The van der Waals surface area contributed by atoms with Gasteiger partial charge in [0.25, 0.3) is 10.0 Å². The summed E-state index contributed by atoms with van der Waals surface area (Å²) in [5.41, 5.74) is 3.90. The molecule has 2 aromatic carbocycles. The van der Waals surface area contributed by atoms with Gasteiger partial charge in [0.15, 0.2) is 0 Å². The highest BCUT2D eigenvalue weighted by atomic mass is 32.2. The average Bonchev–Trinajstić information content (AvgIpc) is 3.24. The van der Waals surface area contributed by atoms with Gasteiger partial charge in [-0.05, 0) is 48.9 Å². The zero-order valence-electron chi connectivity index (χ0n) is 25.7. The molecule has 0 saturated heterocycles. The Bertz CT molecular complexity index is 1510. The quantitative estimate of drug-likeness (QED) is 0.289. The van der Waals surface area contributed by atoms with Crippen LogP contribution in [0.4, 0.5) is 5.88 Å². The van der Waals surface area contributed by atoms with Gasteiger partial charge in [0.1, 0.15) is 6.04 Å². The standard InChI is InChI=1S/C31H42N4O6S/c1-9-12-28(36)35(29(20(2)3)31(37)34(6)7)18-23-15-16-25(24(17-23)19-40-8)26-13-10-11-14-27(26)42(38,39)33-30-21(4)22(5)32-41-30/h10-11,13-17,20,29,33H,9,12,18-19H2,1-8H3/t29-/m0/s1. The molecule has 1 heterocycles. The van der Waals surface area contributed by atoms with Gasteiger partial charge in [0.05, 0.1) is 17.2 Å². The third-order valence-electron chi connectivity index (χ3n) is 7.12. The van der Waals surface area contributed by atoms with E-state index in [0.29, 0.717) is 35.2 Å². The number of likely N-dealkylation sites (N-methyl/N-ethyl adjacent to an activating group) is 1. The molecule has 1 aromatic heterocycles. The third kappa shape index (κ3) is 7.38. The summed E-state index contributed by atoms with van der Waals surface area (Å²) in [7, 11) is 0.912. The molecule has 10 nitrogen and oxygen atoms in total. The van der Waals surface area contributed by atoms with Gasteiger partial charge in [-0.25, -0.2) is 13.1 Å². The van der Waals surface area contributed by atoms with Crippen LogP contribution in [-0.4, -0.2) is 62.4 Å². The number of methoxy groups -OCH3 is 1. The van der Waals surface area contributed by atoms with Crippen LogP contribution in [0.15, 0.2) is 51.9 Å². The number of ether oxygens (including phenoxy) is 1. The second-order valence-corrected chi connectivity index (χ2v) is 12.6. The second-order valence-electron chi connectivity index (χ2n) is 10.9. The highest BCUT2D eigenvalue weighted by Crippen LogP contribution is 2.33. The van der Waals surface area contributed by atoms with Crippen molar-refractivity contribution in [2.24, 2.45) is 5.92 Å². The monoisotopic (exact) mass is 598 g/mol. The summed E-state index contributed by atoms with van der Waals surface area (Å²) in [6, 6.07) is 11.7. The van der Waals surface area contributed by atoms with E-state index in [9.17, 15) is 18.0 Å². The summed E-state index contributed by atoms with van der Waals surface area (Å²) in [4.78, 5) is 29.7. The molecule has 228 valence electrons. The fourth-order valence-electron chi connectivity index (χ4n) is 4.83. The molecule has 1 atom stereocenters. The molecule has 2 amide bonds. The lowest BCUT2D eigenvalue weighted by atomic mass is 9.96. The fourth-order valence-corrected chi connectivity index (χ4v) is 6.10. The maximum atomic E-state index is 13.5. The number of sulfonamides is 1. The molecule has 0 saturated carbocycles. The van der Waals surface area contributed by atoms with E-state index in [0.717, 1.165) is 11.1 Å². The van der Waals surface area contributed by atoms with Crippen molar-refractivity contribution in [1.29, 1.82) is 0 Å². The van der Waals surface area contributed by atoms with E-state index < -0.39 is 16.1 Å². The van der Waals surface area contributed by atoms with E-state index in [1.165, 1.54) is 11.0 Å². The van der Waals surface area contributed by atoms with E-state index in [1.807, 2.05) is 39.0 Å². The molecule has 0 aliphatic heterocycles. The smallest absolute Gasteiger partial charge is 0.264 e. The summed E-state index contributed by atoms with van der Waals surface area (Å²) in [6.07, 6.45) is 0.992. The molecule has 0 spiro atoms. The van der Waals surface area contributed by atoms with E-state index in [-0.39, 0.29) is 41.7 Å². The van der Waals surface area contributed by atoms with Crippen molar-refractivity contribution in [2.45, 2.75) is 71.5 Å². The van der Waals surface area contributed by atoms with Crippen molar-refractivity contribution >= 4 is 27.7 Å². The van der Waals surface area contributed by atoms with Crippen molar-refractivity contribution in [2.75, 3.05) is 25.9 Å². The van der Waals surface area contributed by atoms with Crippen molar-refractivity contribution in [3.05, 3.63) is 64.8 Å². The zero-order chi connectivity index (χ0) is 31.2. The number of amides is 2. The predicted octanol–water partition coefficient (Wildman–Crippen LogP) is 5.15. The molecule has 0 radical (unpaired) electrons. The van der Waals surface area contributed by atoms with Crippen LogP contribution in [0.5, 0.6) is 0 Å². The lowest BCUT2D eigenvalue weighted by molar-refractivity contribution is -0.147. The van der Waals surface area contributed by atoms with Crippen LogP contribution in [-0.2, 0) is 37.5 Å². The minimum absolute atomic E-state index is 0.0681. The number of benzene rings is 2. The first-order valence-corrected chi connectivity index (χ1v) is 15.5. The number of hydrogen-bond acceptors (Lipinski definition) is 7. The number of nitrogens with zero attached hydrogens (tertiary/aromatic N) is 3. The van der Waals surface area contributed by atoms with Crippen molar-refractivity contribution < 1.29 is 27.3 Å². The lowest BCUT2D eigenvalue weighted by Gasteiger charge is -2.35. The van der Waals surface area contributed by atoms with Gasteiger partial charge < -0.3 is 19.1 Å². The van der Waals surface area contributed by atoms with Crippen LogP contribution in [0, 0.1) is 19.8 Å². The molecule has 0 fully saturated rings. The molecule has 11 heteroatoms. The zero-order valence-corrected chi connectivity index (χ0v) is 26.5. The molecular formula is C31H42N4O6S. The topological polar surface area (TPSA) is 122 Å². The molecule has 1 N–H and O–H groups in total. The van der Waals surface area contributed by atoms with Crippen molar-refractivity contribution in [1.82, 2.24) is 15.0 Å². The number of anilines is 1. The average molecular weight is 599 g/mol. The normalized spacial score (nSPS) is 12.3. The third-order valence-corrected chi connectivity index (χ3v) is 8.51.